The fraction of sp³-hybridized carbons (Fsp3) is 0.462. The highest BCUT2D eigenvalue weighted by atomic mass is 35.5. The largest absolute Gasteiger partial charge is 0.383 e. The number of methoxy groups -OCH3 is 1. The fourth-order valence-electron chi connectivity index (χ4n) is 1.51. The zero-order valence-electron chi connectivity index (χ0n) is 10.8. The van der Waals surface area contributed by atoms with Gasteiger partial charge >= 0.3 is 0 Å². The van der Waals surface area contributed by atoms with Crippen LogP contribution >= 0.6 is 11.6 Å². The van der Waals surface area contributed by atoms with E-state index >= 15 is 0 Å². The Hall–Kier alpha value is -1.17. The lowest BCUT2D eigenvalue weighted by atomic mass is 10.1. The molecule has 0 fully saturated rings. The van der Waals surface area contributed by atoms with Crippen LogP contribution in [0.2, 0.25) is 5.02 Å². The first-order valence-corrected chi connectivity index (χ1v) is 6.42. The standard InChI is InChI=1S/C13H18ClFN2O2/c1-19-8-7-16-5-6-17-13(18)9-10-11(14)3-2-4-12(10)15/h2-4,16H,5-9H2,1H3,(H,17,18). The van der Waals surface area contributed by atoms with Gasteiger partial charge in [0.1, 0.15) is 5.82 Å². The molecule has 0 unspecified atom stereocenters. The Kier molecular flexibility index (Phi) is 7.40. The second-order valence-corrected chi connectivity index (χ2v) is 4.38. The summed E-state index contributed by atoms with van der Waals surface area (Å²) in [6.45, 7) is 2.47. The molecule has 0 atom stereocenters. The number of carbonyl (C=O) groups excluding carboxylic acids is 1. The maximum absolute atomic E-state index is 13.4. The zero-order valence-corrected chi connectivity index (χ0v) is 11.6. The number of hydrogen-bond acceptors (Lipinski definition) is 3. The molecule has 1 amide bonds. The number of rotatable bonds is 8. The van der Waals surface area contributed by atoms with Gasteiger partial charge in [0, 0.05) is 37.3 Å². The van der Waals surface area contributed by atoms with Gasteiger partial charge in [0.15, 0.2) is 0 Å². The molecule has 0 aliphatic heterocycles. The maximum Gasteiger partial charge on any atom is 0.224 e. The first-order valence-electron chi connectivity index (χ1n) is 6.04. The summed E-state index contributed by atoms with van der Waals surface area (Å²) in [7, 11) is 1.63. The summed E-state index contributed by atoms with van der Waals surface area (Å²) in [6, 6.07) is 4.37. The van der Waals surface area contributed by atoms with Crippen molar-refractivity contribution < 1.29 is 13.9 Å². The van der Waals surface area contributed by atoms with Crippen molar-refractivity contribution in [2.45, 2.75) is 6.42 Å². The second kappa shape index (κ2) is 8.85. The number of nitrogens with one attached hydrogen (secondary N) is 2. The maximum atomic E-state index is 13.4. The average molecular weight is 289 g/mol. The number of carbonyl (C=O) groups is 1. The minimum Gasteiger partial charge on any atom is -0.383 e. The normalized spacial score (nSPS) is 10.5. The number of ether oxygens (including phenoxy) is 1. The van der Waals surface area contributed by atoms with E-state index in [1.165, 1.54) is 12.1 Å². The SMILES string of the molecule is COCCNCCNC(=O)Cc1c(F)cccc1Cl. The Labute approximate surface area is 117 Å². The quantitative estimate of drug-likeness (QED) is 0.711. The molecule has 0 aromatic heterocycles. The lowest BCUT2D eigenvalue weighted by molar-refractivity contribution is -0.120. The molecule has 2 N–H and O–H groups in total. The van der Waals surface area contributed by atoms with Crippen LogP contribution in [0.1, 0.15) is 5.56 Å². The van der Waals surface area contributed by atoms with Crippen LogP contribution in [0, 0.1) is 5.82 Å². The Morgan fingerprint density at radius 3 is 2.84 bits per heavy atom. The van der Waals surface area contributed by atoms with Crippen molar-refractivity contribution in [1.82, 2.24) is 10.6 Å². The summed E-state index contributed by atoms with van der Waals surface area (Å²) in [4.78, 5) is 11.6. The molecule has 0 heterocycles. The van der Waals surface area contributed by atoms with Gasteiger partial charge in [0.2, 0.25) is 5.91 Å². The van der Waals surface area contributed by atoms with Gasteiger partial charge in [-0.05, 0) is 12.1 Å². The molecule has 1 rings (SSSR count). The molecular weight excluding hydrogens is 271 g/mol. The Morgan fingerprint density at radius 2 is 2.16 bits per heavy atom. The van der Waals surface area contributed by atoms with Crippen LogP contribution < -0.4 is 10.6 Å². The molecule has 6 heteroatoms. The van der Waals surface area contributed by atoms with E-state index in [-0.39, 0.29) is 22.9 Å². The molecule has 0 saturated carbocycles. The molecular formula is C13H18ClFN2O2. The van der Waals surface area contributed by atoms with E-state index in [1.54, 1.807) is 13.2 Å². The Balaban J connectivity index is 2.28. The third-order valence-corrected chi connectivity index (χ3v) is 2.86. The summed E-state index contributed by atoms with van der Waals surface area (Å²) in [6.07, 6.45) is -0.0520. The van der Waals surface area contributed by atoms with E-state index < -0.39 is 5.82 Å². The lowest BCUT2D eigenvalue weighted by Gasteiger charge is -2.08. The monoisotopic (exact) mass is 288 g/mol. The molecule has 0 spiro atoms. The Morgan fingerprint density at radius 1 is 1.37 bits per heavy atom. The molecule has 4 nitrogen and oxygen atoms in total. The van der Waals surface area contributed by atoms with Crippen molar-refractivity contribution in [2.75, 3.05) is 33.4 Å². The van der Waals surface area contributed by atoms with Crippen molar-refractivity contribution >= 4 is 17.5 Å². The highest BCUT2D eigenvalue weighted by molar-refractivity contribution is 6.31. The zero-order chi connectivity index (χ0) is 14.1. The van der Waals surface area contributed by atoms with Gasteiger partial charge in [-0.3, -0.25) is 4.79 Å². The van der Waals surface area contributed by atoms with Gasteiger partial charge in [-0.2, -0.15) is 0 Å². The third-order valence-electron chi connectivity index (χ3n) is 2.51. The summed E-state index contributed by atoms with van der Waals surface area (Å²) in [5, 5.41) is 6.06. The topological polar surface area (TPSA) is 50.4 Å². The van der Waals surface area contributed by atoms with Crippen LogP contribution in [-0.2, 0) is 16.0 Å². The van der Waals surface area contributed by atoms with Crippen LogP contribution in [0.3, 0.4) is 0 Å². The summed E-state index contributed by atoms with van der Waals surface area (Å²) in [5.41, 5.74) is 0.231. The van der Waals surface area contributed by atoms with Crippen LogP contribution in [0.5, 0.6) is 0 Å². The summed E-state index contributed by atoms with van der Waals surface area (Å²) in [5.74, 6) is -0.707. The van der Waals surface area contributed by atoms with Gasteiger partial charge < -0.3 is 15.4 Å². The number of amides is 1. The van der Waals surface area contributed by atoms with Crippen molar-refractivity contribution in [3.63, 3.8) is 0 Å². The van der Waals surface area contributed by atoms with E-state index in [0.717, 1.165) is 6.54 Å². The van der Waals surface area contributed by atoms with Gasteiger partial charge in [-0.25, -0.2) is 4.39 Å². The van der Waals surface area contributed by atoms with Crippen molar-refractivity contribution in [3.8, 4) is 0 Å². The van der Waals surface area contributed by atoms with Crippen molar-refractivity contribution in [1.29, 1.82) is 0 Å². The highest BCUT2D eigenvalue weighted by Gasteiger charge is 2.11. The van der Waals surface area contributed by atoms with Crippen LogP contribution in [0.25, 0.3) is 0 Å². The van der Waals surface area contributed by atoms with Gasteiger partial charge in [0.05, 0.1) is 13.0 Å². The summed E-state index contributed by atoms with van der Waals surface area (Å²) >= 11 is 5.85. The molecule has 0 aliphatic rings. The van der Waals surface area contributed by atoms with E-state index in [9.17, 15) is 9.18 Å². The van der Waals surface area contributed by atoms with Gasteiger partial charge in [0.25, 0.3) is 0 Å². The smallest absolute Gasteiger partial charge is 0.224 e. The first-order chi connectivity index (χ1) is 9.15. The second-order valence-electron chi connectivity index (χ2n) is 3.97. The molecule has 0 radical (unpaired) electrons. The number of hydrogen-bond donors (Lipinski definition) is 2. The van der Waals surface area contributed by atoms with E-state index in [0.29, 0.717) is 19.7 Å². The van der Waals surface area contributed by atoms with Crippen LogP contribution in [0.15, 0.2) is 18.2 Å². The average Bonchev–Trinajstić information content (AvgIpc) is 2.38. The van der Waals surface area contributed by atoms with Gasteiger partial charge in [-0.15, -0.1) is 0 Å². The van der Waals surface area contributed by atoms with Crippen molar-refractivity contribution in [2.24, 2.45) is 0 Å². The van der Waals surface area contributed by atoms with Crippen molar-refractivity contribution in [3.05, 3.63) is 34.6 Å². The molecule has 1 aromatic rings. The molecule has 0 aliphatic carbocycles. The molecule has 1 aromatic carbocycles. The minimum atomic E-state index is -0.458. The first kappa shape index (κ1) is 15.9. The lowest BCUT2D eigenvalue weighted by Crippen LogP contribution is -2.34. The molecule has 106 valence electrons. The van der Waals surface area contributed by atoms with E-state index in [2.05, 4.69) is 10.6 Å². The molecule has 0 saturated heterocycles. The number of halogens is 2. The predicted molar refractivity (Wildman–Crippen MR) is 72.9 cm³/mol. The number of benzene rings is 1. The highest BCUT2D eigenvalue weighted by Crippen LogP contribution is 2.19. The Bertz CT molecular complexity index is 395. The van der Waals surface area contributed by atoms with Gasteiger partial charge in [-0.1, -0.05) is 17.7 Å². The minimum absolute atomic E-state index is 0.0520. The van der Waals surface area contributed by atoms with Crippen LogP contribution in [-0.4, -0.2) is 39.3 Å². The van der Waals surface area contributed by atoms with Crippen LogP contribution in [0.4, 0.5) is 4.39 Å². The molecule has 19 heavy (non-hydrogen) atoms. The predicted octanol–water partition coefficient (Wildman–Crippen LogP) is 1.37. The third kappa shape index (κ3) is 6.00. The van der Waals surface area contributed by atoms with E-state index in [4.69, 9.17) is 16.3 Å². The molecule has 0 bridgehead atoms. The summed E-state index contributed by atoms with van der Waals surface area (Å²) < 4.78 is 18.3. The van der Waals surface area contributed by atoms with E-state index in [1.807, 2.05) is 0 Å². The fourth-order valence-corrected chi connectivity index (χ4v) is 1.74.